The molecule has 1 aromatic carbocycles. The van der Waals surface area contributed by atoms with Crippen LogP contribution < -0.4 is 10.6 Å². The summed E-state index contributed by atoms with van der Waals surface area (Å²) in [6.45, 7) is 3.97. The average molecular weight is 286 g/mol. The van der Waals surface area contributed by atoms with E-state index in [-0.39, 0.29) is 23.6 Å². The number of carbonyl (C=O) groups is 2. The van der Waals surface area contributed by atoms with Crippen LogP contribution in [-0.4, -0.2) is 17.9 Å². The van der Waals surface area contributed by atoms with Crippen LogP contribution in [0.4, 0.5) is 5.69 Å². The van der Waals surface area contributed by atoms with Gasteiger partial charge in [-0.15, -0.1) is 0 Å². The largest absolute Gasteiger partial charge is 0.459 e. The van der Waals surface area contributed by atoms with Gasteiger partial charge in [-0.05, 0) is 49.7 Å². The third-order valence-corrected chi connectivity index (χ3v) is 3.14. The highest BCUT2D eigenvalue weighted by atomic mass is 16.3. The van der Waals surface area contributed by atoms with E-state index in [2.05, 4.69) is 10.6 Å². The molecule has 0 aliphatic carbocycles. The lowest BCUT2D eigenvalue weighted by Crippen LogP contribution is -2.31. The zero-order valence-electron chi connectivity index (χ0n) is 12.1. The summed E-state index contributed by atoms with van der Waals surface area (Å²) in [6, 6.07) is 10.1. The fraction of sp³-hybridized carbons (Fsp3) is 0.250. The number of hydrogen-bond acceptors (Lipinski definition) is 3. The minimum Gasteiger partial charge on any atom is -0.459 e. The Morgan fingerprint density at radius 3 is 2.43 bits per heavy atom. The Kier molecular flexibility index (Phi) is 4.77. The predicted molar refractivity (Wildman–Crippen MR) is 80.3 cm³/mol. The summed E-state index contributed by atoms with van der Waals surface area (Å²) in [6.07, 6.45) is 2.32. The maximum atomic E-state index is 11.9. The molecule has 110 valence electrons. The fourth-order valence-corrected chi connectivity index (χ4v) is 1.71. The highest BCUT2D eigenvalue weighted by molar-refractivity contribution is 6.02. The molecule has 2 amide bonds. The number of hydrogen-bond donors (Lipinski definition) is 2. The van der Waals surface area contributed by atoms with Crippen molar-refractivity contribution in [3.63, 3.8) is 0 Å². The van der Waals surface area contributed by atoms with Gasteiger partial charge in [0.05, 0.1) is 6.26 Å². The highest BCUT2D eigenvalue weighted by Gasteiger charge is 2.10. The molecule has 0 saturated carbocycles. The summed E-state index contributed by atoms with van der Waals surface area (Å²) in [5, 5.41) is 5.59. The van der Waals surface area contributed by atoms with E-state index in [1.807, 2.05) is 13.8 Å². The third-order valence-electron chi connectivity index (χ3n) is 3.14. The second-order valence-corrected chi connectivity index (χ2v) is 4.79. The van der Waals surface area contributed by atoms with E-state index in [1.165, 1.54) is 6.26 Å². The van der Waals surface area contributed by atoms with Crippen molar-refractivity contribution in [1.82, 2.24) is 5.32 Å². The average Bonchev–Trinajstić information content (AvgIpc) is 3.02. The van der Waals surface area contributed by atoms with E-state index in [4.69, 9.17) is 4.42 Å². The van der Waals surface area contributed by atoms with E-state index >= 15 is 0 Å². The van der Waals surface area contributed by atoms with Crippen LogP contribution in [-0.2, 0) is 0 Å². The van der Waals surface area contributed by atoms with E-state index in [0.717, 1.165) is 6.42 Å². The first-order chi connectivity index (χ1) is 10.1. The van der Waals surface area contributed by atoms with Crippen LogP contribution in [0, 0.1) is 0 Å². The van der Waals surface area contributed by atoms with Crippen molar-refractivity contribution in [2.24, 2.45) is 0 Å². The molecule has 5 nitrogen and oxygen atoms in total. The number of amides is 2. The first-order valence-corrected chi connectivity index (χ1v) is 6.86. The SMILES string of the molecule is CC[C@H](C)NC(=O)c1ccc(NC(=O)c2ccco2)cc1. The van der Waals surface area contributed by atoms with Gasteiger partial charge in [0, 0.05) is 17.3 Å². The topological polar surface area (TPSA) is 71.3 Å². The number of rotatable bonds is 5. The van der Waals surface area contributed by atoms with Gasteiger partial charge in [0.25, 0.3) is 11.8 Å². The summed E-state index contributed by atoms with van der Waals surface area (Å²) >= 11 is 0. The molecule has 0 radical (unpaired) electrons. The molecule has 21 heavy (non-hydrogen) atoms. The number of anilines is 1. The molecule has 0 fully saturated rings. The van der Waals surface area contributed by atoms with Crippen LogP contribution in [0.15, 0.2) is 47.1 Å². The molecule has 0 bridgehead atoms. The van der Waals surface area contributed by atoms with Gasteiger partial charge in [-0.3, -0.25) is 9.59 Å². The van der Waals surface area contributed by atoms with Crippen LogP contribution >= 0.6 is 0 Å². The maximum absolute atomic E-state index is 11.9. The van der Waals surface area contributed by atoms with Crippen molar-refractivity contribution >= 4 is 17.5 Å². The smallest absolute Gasteiger partial charge is 0.291 e. The molecule has 0 spiro atoms. The molecule has 2 N–H and O–H groups in total. The van der Waals surface area contributed by atoms with Crippen LogP contribution in [0.3, 0.4) is 0 Å². The standard InChI is InChI=1S/C16H18N2O3/c1-3-11(2)17-15(19)12-6-8-13(9-7-12)18-16(20)14-5-4-10-21-14/h4-11H,3H2,1-2H3,(H,17,19)(H,18,20)/t11-/m0/s1. The van der Waals surface area contributed by atoms with Gasteiger partial charge in [0.1, 0.15) is 0 Å². The van der Waals surface area contributed by atoms with Crippen LogP contribution in [0.2, 0.25) is 0 Å². The summed E-state index contributed by atoms with van der Waals surface area (Å²) in [5.74, 6) is -0.196. The maximum Gasteiger partial charge on any atom is 0.291 e. The molecule has 1 atom stereocenters. The van der Waals surface area contributed by atoms with Crippen molar-refractivity contribution in [1.29, 1.82) is 0 Å². The highest BCUT2D eigenvalue weighted by Crippen LogP contribution is 2.12. The molecule has 0 unspecified atom stereocenters. The Labute approximate surface area is 123 Å². The quantitative estimate of drug-likeness (QED) is 0.887. The van der Waals surface area contributed by atoms with Gasteiger partial charge >= 0.3 is 0 Å². The Balaban J connectivity index is 1.99. The lowest BCUT2D eigenvalue weighted by Gasteiger charge is -2.11. The van der Waals surface area contributed by atoms with Gasteiger partial charge < -0.3 is 15.1 Å². The van der Waals surface area contributed by atoms with Crippen molar-refractivity contribution in [2.45, 2.75) is 26.3 Å². The molecule has 1 heterocycles. The molecule has 1 aromatic heterocycles. The van der Waals surface area contributed by atoms with Crippen molar-refractivity contribution < 1.29 is 14.0 Å². The number of benzene rings is 1. The number of furan rings is 1. The minimum atomic E-state index is -0.322. The second-order valence-electron chi connectivity index (χ2n) is 4.79. The summed E-state index contributed by atoms with van der Waals surface area (Å²) in [4.78, 5) is 23.7. The van der Waals surface area contributed by atoms with Crippen LogP contribution in [0.25, 0.3) is 0 Å². The molecule has 0 aliphatic heterocycles. The van der Waals surface area contributed by atoms with Gasteiger partial charge in [0.15, 0.2) is 5.76 Å². The van der Waals surface area contributed by atoms with E-state index < -0.39 is 0 Å². The van der Waals surface area contributed by atoms with Crippen LogP contribution in [0.1, 0.15) is 41.2 Å². The molecule has 2 aromatic rings. The van der Waals surface area contributed by atoms with Gasteiger partial charge in [-0.25, -0.2) is 0 Å². The predicted octanol–water partition coefficient (Wildman–Crippen LogP) is 3.06. The molecule has 2 rings (SSSR count). The summed E-state index contributed by atoms with van der Waals surface area (Å²) in [5.41, 5.74) is 1.17. The van der Waals surface area contributed by atoms with E-state index in [0.29, 0.717) is 11.3 Å². The molecular weight excluding hydrogens is 268 g/mol. The molecule has 0 saturated heterocycles. The van der Waals surface area contributed by atoms with E-state index in [9.17, 15) is 9.59 Å². The lowest BCUT2D eigenvalue weighted by molar-refractivity contribution is 0.0938. The molecule has 0 aliphatic rings. The van der Waals surface area contributed by atoms with Crippen molar-refractivity contribution in [2.75, 3.05) is 5.32 Å². The second kappa shape index (κ2) is 6.74. The Bertz CT molecular complexity index is 603. The first kappa shape index (κ1) is 14.8. The zero-order chi connectivity index (χ0) is 15.2. The Hall–Kier alpha value is -2.56. The number of carbonyl (C=O) groups excluding carboxylic acids is 2. The fourth-order valence-electron chi connectivity index (χ4n) is 1.71. The van der Waals surface area contributed by atoms with Gasteiger partial charge in [-0.1, -0.05) is 6.92 Å². The Morgan fingerprint density at radius 2 is 1.86 bits per heavy atom. The first-order valence-electron chi connectivity index (χ1n) is 6.86. The van der Waals surface area contributed by atoms with Crippen molar-refractivity contribution in [3.05, 3.63) is 54.0 Å². The lowest BCUT2D eigenvalue weighted by atomic mass is 10.1. The third kappa shape index (κ3) is 3.95. The van der Waals surface area contributed by atoms with Crippen LogP contribution in [0.5, 0.6) is 0 Å². The van der Waals surface area contributed by atoms with Crippen molar-refractivity contribution in [3.8, 4) is 0 Å². The summed E-state index contributed by atoms with van der Waals surface area (Å²) < 4.78 is 5.01. The van der Waals surface area contributed by atoms with Gasteiger partial charge in [0.2, 0.25) is 0 Å². The number of nitrogens with one attached hydrogen (secondary N) is 2. The normalized spacial score (nSPS) is 11.7. The zero-order valence-corrected chi connectivity index (χ0v) is 12.1. The summed E-state index contributed by atoms with van der Waals surface area (Å²) in [7, 11) is 0. The van der Waals surface area contributed by atoms with E-state index in [1.54, 1.807) is 36.4 Å². The molecular formula is C16H18N2O3. The Morgan fingerprint density at radius 1 is 1.14 bits per heavy atom. The monoisotopic (exact) mass is 286 g/mol. The molecule has 5 heteroatoms. The van der Waals surface area contributed by atoms with Gasteiger partial charge in [-0.2, -0.15) is 0 Å². The minimum absolute atomic E-state index is 0.117.